The first kappa shape index (κ1) is 25.5. The van der Waals surface area contributed by atoms with Crippen molar-refractivity contribution in [1.29, 1.82) is 0 Å². The Morgan fingerprint density at radius 1 is 1.12 bits per heavy atom. The Morgan fingerprint density at radius 3 is 2.39 bits per heavy atom. The highest BCUT2D eigenvalue weighted by Gasteiger charge is 2.45. The number of carbonyl (C=O) groups is 1. The van der Waals surface area contributed by atoms with Crippen LogP contribution in [0.5, 0.6) is 0 Å². The molecule has 0 aromatic heterocycles. The third kappa shape index (κ3) is 5.88. The number of rotatable bonds is 6. The first-order valence-electron chi connectivity index (χ1n) is 10.4. The minimum atomic E-state index is -5.37. The smallest absolute Gasteiger partial charge is 0.317 e. The van der Waals surface area contributed by atoms with E-state index >= 15 is 0 Å². The molecule has 180 valence electrons. The van der Waals surface area contributed by atoms with Crippen molar-refractivity contribution in [2.24, 2.45) is 0 Å². The Labute approximate surface area is 199 Å². The van der Waals surface area contributed by atoms with Crippen molar-refractivity contribution >= 4 is 37.6 Å². The van der Waals surface area contributed by atoms with Crippen molar-refractivity contribution < 1.29 is 31.2 Å². The van der Waals surface area contributed by atoms with Crippen molar-refractivity contribution in [3.8, 4) is 0 Å². The molecule has 0 spiro atoms. The Hall–Kier alpha value is -2.11. The number of nitrogens with zero attached hydrogens (tertiary/aromatic N) is 2. The summed E-state index contributed by atoms with van der Waals surface area (Å²) in [5.74, 6) is -2.62. The highest BCUT2D eigenvalue weighted by atomic mass is 79.9. The largest absolute Gasteiger partial charge is 0.493 e. The second kappa shape index (κ2) is 10.0. The molecular weight excluding hydrogens is 525 g/mol. The summed E-state index contributed by atoms with van der Waals surface area (Å²) in [5, 5.41) is 0. The molecule has 0 saturated carbocycles. The molecule has 1 aliphatic rings. The van der Waals surface area contributed by atoms with Gasteiger partial charge in [-0.05, 0) is 79.8 Å². The van der Waals surface area contributed by atoms with Gasteiger partial charge < -0.3 is 9.74 Å². The molecule has 33 heavy (non-hydrogen) atoms. The van der Waals surface area contributed by atoms with E-state index < -0.39 is 22.2 Å². The fourth-order valence-corrected chi connectivity index (χ4v) is 5.69. The molecule has 0 fully saturated rings. The van der Waals surface area contributed by atoms with E-state index in [9.17, 15) is 26.4 Å². The van der Waals surface area contributed by atoms with Crippen LogP contribution in [0.4, 0.5) is 18.9 Å². The summed E-state index contributed by atoms with van der Waals surface area (Å²) in [4.78, 5) is 18.1. The summed E-state index contributed by atoms with van der Waals surface area (Å²) in [6.07, 6.45) is -3.04. The minimum absolute atomic E-state index is 0.0774. The molecule has 0 aliphatic carbocycles. The third-order valence-corrected chi connectivity index (χ3v) is 7.59. The number of hydrogen-bond donors (Lipinski definition) is 0. The molecular formula is C22H24BrF3N2O4S. The maximum absolute atomic E-state index is 13.4. The zero-order valence-electron chi connectivity index (χ0n) is 18.2. The number of alkyl halides is 3. The van der Waals surface area contributed by atoms with Crippen molar-refractivity contribution in [3.05, 3.63) is 57.6 Å². The van der Waals surface area contributed by atoms with Gasteiger partial charge in [0.05, 0.1) is 10.6 Å². The van der Waals surface area contributed by atoms with Crippen LogP contribution in [0.25, 0.3) is 0 Å². The van der Waals surface area contributed by atoms with Gasteiger partial charge in [0.2, 0.25) is 0 Å². The summed E-state index contributed by atoms with van der Waals surface area (Å²) >= 11 is 3.23. The van der Waals surface area contributed by atoms with E-state index in [2.05, 4.69) is 32.6 Å². The van der Waals surface area contributed by atoms with E-state index in [4.69, 9.17) is 0 Å². The maximum Gasteiger partial charge on any atom is 0.493 e. The van der Waals surface area contributed by atoms with Crippen LogP contribution in [0.15, 0.2) is 45.8 Å². The summed E-state index contributed by atoms with van der Waals surface area (Å²) in [6.45, 7) is 6.08. The summed E-state index contributed by atoms with van der Waals surface area (Å²) in [6, 6.07) is 8.73. The fraction of sp³-hybridized carbons (Fsp3) is 0.409. The van der Waals surface area contributed by atoms with E-state index in [0.717, 1.165) is 43.6 Å². The molecule has 11 heteroatoms. The standard InChI is InChI=1S/C22H24BrF3N2O4S/c1-3-10-27-11-8-16-4-6-19(14-17(16)9-12-27)28(32-21(29)22(24,25)26)33(30,31)20-7-5-18(23)13-15(20)2/h4-7,13-14H,3,8-12H2,1-2H3. The summed E-state index contributed by atoms with van der Waals surface area (Å²) in [5.41, 5.74) is 1.90. The third-order valence-electron chi connectivity index (χ3n) is 5.37. The quantitative estimate of drug-likeness (QED) is 0.486. The zero-order chi connectivity index (χ0) is 24.4. The van der Waals surface area contributed by atoms with Gasteiger partial charge in [-0.15, -0.1) is 0 Å². The minimum Gasteiger partial charge on any atom is -0.317 e. The monoisotopic (exact) mass is 548 g/mol. The normalized spacial score (nSPS) is 15.0. The first-order chi connectivity index (χ1) is 15.4. The Morgan fingerprint density at radius 2 is 1.79 bits per heavy atom. The van der Waals surface area contributed by atoms with E-state index in [1.807, 2.05) is 0 Å². The zero-order valence-corrected chi connectivity index (χ0v) is 20.6. The van der Waals surface area contributed by atoms with Crippen molar-refractivity contribution in [3.63, 3.8) is 0 Å². The van der Waals surface area contributed by atoms with Crippen LogP contribution < -0.4 is 4.47 Å². The van der Waals surface area contributed by atoms with Gasteiger partial charge in [-0.1, -0.05) is 33.4 Å². The van der Waals surface area contributed by atoms with Gasteiger partial charge in [-0.2, -0.15) is 21.6 Å². The van der Waals surface area contributed by atoms with Crippen LogP contribution in [0, 0.1) is 6.92 Å². The molecule has 0 amide bonds. The molecule has 1 aliphatic heterocycles. The Balaban J connectivity index is 2.05. The van der Waals surface area contributed by atoms with Crippen LogP contribution >= 0.6 is 15.9 Å². The number of sulfonamides is 1. The molecule has 2 aromatic carbocycles. The van der Waals surface area contributed by atoms with Crippen molar-refractivity contribution in [2.45, 2.75) is 44.2 Å². The van der Waals surface area contributed by atoms with E-state index in [1.165, 1.54) is 37.3 Å². The molecule has 0 radical (unpaired) electrons. The van der Waals surface area contributed by atoms with Crippen LogP contribution in [-0.4, -0.2) is 45.1 Å². The predicted octanol–water partition coefficient (Wildman–Crippen LogP) is 4.78. The molecule has 6 nitrogen and oxygen atoms in total. The van der Waals surface area contributed by atoms with Gasteiger partial charge in [-0.3, -0.25) is 0 Å². The molecule has 0 atom stereocenters. The lowest BCUT2D eigenvalue weighted by molar-refractivity contribution is -0.199. The van der Waals surface area contributed by atoms with Gasteiger partial charge >= 0.3 is 12.1 Å². The second-order valence-electron chi connectivity index (χ2n) is 7.81. The predicted molar refractivity (Wildman–Crippen MR) is 121 cm³/mol. The van der Waals surface area contributed by atoms with E-state index in [1.54, 1.807) is 6.07 Å². The number of carbonyl (C=O) groups excluding carboxylic acids is 1. The highest BCUT2D eigenvalue weighted by Crippen LogP contribution is 2.32. The lowest BCUT2D eigenvalue weighted by Gasteiger charge is -2.24. The average Bonchev–Trinajstić information content (AvgIpc) is 2.93. The number of benzene rings is 2. The average molecular weight is 549 g/mol. The van der Waals surface area contributed by atoms with E-state index in [0.29, 0.717) is 10.9 Å². The molecule has 0 N–H and O–H groups in total. The molecule has 0 saturated heterocycles. The van der Waals surface area contributed by atoms with Gasteiger partial charge in [0.15, 0.2) is 0 Å². The number of halogens is 4. The van der Waals surface area contributed by atoms with Gasteiger partial charge in [0.1, 0.15) is 0 Å². The van der Waals surface area contributed by atoms with E-state index in [-0.39, 0.29) is 20.6 Å². The topological polar surface area (TPSA) is 66.9 Å². The Bertz CT molecular complexity index is 1140. The second-order valence-corrected chi connectivity index (χ2v) is 10.5. The molecule has 0 unspecified atom stereocenters. The number of aryl methyl sites for hydroxylation is 1. The van der Waals surface area contributed by atoms with Crippen LogP contribution in [0.1, 0.15) is 30.0 Å². The number of fused-ring (bicyclic) bond motifs is 1. The lowest BCUT2D eigenvalue weighted by Crippen LogP contribution is -2.39. The van der Waals surface area contributed by atoms with Crippen molar-refractivity contribution in [1.82, 2.24) is 4.90 Å². The molecule has 2 aromatic rings. The SMILES string of the molecule is CCCN1CCc2ccc(N(OC(=O)C(F)(F)F)S(=O)(=O)c3ccc(Br)cc3C)cc2CC1. The van der Waals surface area contributed by atoms with Crippen LogP contribution in [0.3, 0.4) is 0 Å². The number of hydrogen-bond acceptors (Lipinski definition) is 5. The summed E-state index contributed by atoms with van der Waals surface area (Å²) < 4.78 is 66.3. The van der Waals surface area contributed by atoms with Crippen LogP contribution in [-0.2, 0) is 32.5 Å². The molecule has 3 rings (SSSR count). The van der Waals surface area contributed by atoms with Crippen LogP contribution in [0.2, 0.25) is 0 Å². The number of anilines is 1. The molecule has 1 heterocycles. The van der Waals surface area contributed by atoms with Gasteiger partial charge in [0, 0.05) is 17.6 Å². The maximum atomic E-state index is 13.4. The first-order valence-corrected chi connectivity index (χ1v) is 12.6. The molecule has 0 bridgehead atoms. The summed E-state index contributed by atoms with van der Waals surface area (Å²) in [7, 11) is -4.65. The lowest BCUT2D eigenvalue weighted by atomic mass is 10.0. The fourth-order valence-electron chi connectivity index (χ4n) is 3.77. The van der Waals surface area contributed by atoms with Gasteiger partial charge in [0.25, 0.3) is 10.0 Å². The van der Waals surface area contributed by atoms with Crippen molar-refractivity contribution in [2.75, 3.05) is 24.1 Å². The highest BCUT2D eigenvalue weighted by molar-refractivity contribution is 9.10. The van der Waals surface area contributed by atoms with Gasteiger partial charge in [-0.25, -0.2) is 4.79 Å². The Kier molecular flexibility index (Phi) is 7.75.